The van der Waals surface area contributed by atoms with Crippen LogP contribution in [0.4, 0.5) is 0 Å². The van der Waals surface area contributed by atoms with Crippen LogP contribution in [-0.2, 0) is 10.0 Å². The van der Waals surface area contributed by atoms with Crippen molar-refractivity contribution in [1.82, 2.24) is 14.6 Å². The molecule has 3 rings (SSSR count). The van der Waals surface area contributed by atoms with Crippen molar-refractivity contribution in [3.63, 3.8) is 0 Å². The molecule has 0 bridgehead atoms. The van der Waals surface area contributed by atoms with Gasteiger partial charge in [0.1, 0.15) is 0 Å². The Morgan fingerprint density at radius 3 is 2.74 bits per heavy atom. The molecule has 1 aromatic heterocycles. The number of sulfonamides is 1. The number of pyridine rings is 1. The van der Waals surface area contributed by atoms with E-state index in [2.05, 4.69) is 17.2 Å². The summed E-state index contributed by atoms with van der Waals surface area (Å²) in [5, 5.41) is 4.05. The lowest BCUT2D eigenvalue weighted by Gasteiger charge is -2.31. The van der Waals surface area contributed by atoms with E-state index >= 15 is 0 Å². The maximum absolute atomic E-state index is 13.0. The minimum Gasteiger partial charge on any atom is -0.317 e. The van der Waals surface area contributed by atoms with Crippen LogP contribution in [0.2, 0.25) is 0 Å². The molecule has 1 saturated heterocycles. The molecule has 0 radical (unpaired) electrons. The fourth-order valence-corrected chi connectivity index (χ4v) is 4.81. The van der Waals surface area contributed by atoms with Crippen LogP contribution < -0.4 is 5.32 Å². The average molecular weight is 333 g/mol. The van der Waals surface area contributed by atoms with Crippen LogP contribution in [0.25, 0.3) is 10.9 Å². The van der Waals surface area contributed by atoms with Crippen molar-refractivity contribution in [3.8, 4) is 0 Å². The topological polar surface area (TPSA) is 62.3 Å². The molecule has 1 aromatic carbocycles. The van der Waals surface area contributed by atoms with Crippen molar-refractivity contribution in [2.24, 2.45) is 5.92 Å². The monoisotopic (exact) mass is 333 g/mol. The van der Waals surface area contributed by atoms with Crippen LogP contribution in [0.5, 0.6) is 0 Å². The first-order valence-corrected chi connectivity index (χ1v) is 9.61. The maximum Gasteiger partial charge on any atom is 0.243 e. The van der Waals surface area contributed by atoms with E-state index < -0.39 is 10.0 Å². The van der Waals surface area contributed by atoms with Gasteiger partial charge in [0.2, 0.25) is 10.0 Å². The van der Waals surface area contributed by atoms with Gasteiger partial charge in [-0.1, -0.05) is 13.0 Å². The smallest absolute Gasteiger partial charge is 0.243 e. The van der Waals surface area contributed by atoms with Gasteiger partial charge in [-0.25, -0.2) is 8.42 Å². The summed E-state index contributed by atoms with van der Waals surface area (Å²) in [6.07, 6.45) is 3.51. The predicted octanol–water partition coefficient (Wildman–Crippen LogP) is 2.25. The highest BCUT2D eigenvalue weighted by atomic mass is 32.2. The average Bonchev–Trinajstić information content (AvgIpc) is 2.59. The molecule has 0 unspecified atom stereocenters. The standard InChI is InChI=1S/C17H23N3O2S/c1-2-18-13-14-8-11-20(12-9-14)23(21,22)17-7-3-6-16-15(17)5-4-10-19-16/h3-7,10,14,18H,2,8-9,11-13H2,1H3. The Balaban J connectivity index is 1.82. The Bertz CT molecular complexity index is 763. The van der Waals surface area contributed by atoms with E-state index in [4.69, 9.17) is 0 Å². The number of benzene rings is 1. The summed E-state index contributed by atoms with van der Waals surface area (Å²) in [7, 11) is -3.46. The summed E-state index contributed by atoms with van der Waals surface area (Å²) >= 11 is 0. The number of fused-ring (bicyclic) bond motifs is 1. The predicted molar refractivity (Wildman–Crippen MR) is 91.8 cm³/mol. The van der Waals surface area contributed by atoms with Crippen molar-refractivity contribution < 1.29 is 8.42 Å². The molecule has 23 heavy (non-hydrogen) atoms. The minimum atomic E-state index is -3.46. The van der Waals surface area contributed by atoms with Gasteiger partial charge in [-0.2, -0.15) is 4.31 Å². The molecule has 1 aliphatic rings. The summed E-state index contributed by atoms with van der Waals surface area (Å²) in [6.45, 7) is 5.21. The van der Waals surface area contributed by atoms with Gasteiger partial charge in [0.05, 0.1) is 10.4 Å². The third kappa shape index (κ3) is 3.39. The number of nitrogens with zero attached hydrogens (tertiary/aromatic N) is 2. The number of piperidine rings is 1. The summed E-state index contributed by atoms with van der Waals surface area (Å²) in [6, 6.07) is 8.90. The van der Waals surface area contributed by atoms with Gasteiger partial charge in [-0.15, -0.1) is 0 Å². The zero-order valence-electron chi connectivity index (χ0n) is 13.4. The highest BCUT2D eigenvalue weighted by molar-refractivity contribution is 7.89. The third-order valence-corrected chi connectivity index (χ3v) is 6.44. The van der Waals surface area contributed by atoms with Gasteiger partial charge >= 0.3 is 0 Å². The van der Waals surface area contributed by atoms with E-state index in [-0.39, 0.29) is 0 Å². The molecule has 0 aliphatic carbocycles. The summed E-state index contributed by atoms with van der Waals surface area (Å²) < 4.78 is 27.6. The van der Waals surface area contributed by atoms with Gasteiger partial charge in [-0.05, 0) is 56.1 Å². The molecule has 5 nitrogen and oxygen atoms in total. The fraction of sp³-hybridized carbons (Fsp3) is 0.471. The number of aromatic nitrogens is 1. The Hall–Kier alpha value is -1.50. The lowest BCUT2D eigenvalue weighted by Crippen LogP contribution is -2.40. The van der Waals surface area contributed by atoms with Crippen LogP contribution >= 0.6 is 0 Å². The van der Waals surface area contributed by atoms with E-state index in [1.807, 2.05) is 12.1 Å². The van der Waals surface area contributed by atoms with Crippen LogP contribution in [0, 0.1) is 5.92 Å². The van der Waals surface area contributed by atoms with Crippen LogP contribution in [0.1, 0.15) is 19.8 Å². The highest BCUT2D eigenvalue weighted by Gasteiger charge is 2.30. The second kappa shape index (κ2) is 6.95. The molecule has 124 valence electrons. The van der Waals surface area contributed by atoms with E-state index in [1.165, 1.54) is 0 Å². The fourth-order valence-electron chi connectivity index (χ4n) is 3.14. The van der Waals surface area contributed by atoms with E-state index in [1.54, 1.807) is 28.7 Å². The largest absolute Gasteiger partial charge is 0.317 e. The SMILES string of the molecule is CCNCC1CCN(S(=O)(=O)c2cccc3ncccc23)CC1. The first kappa shape index (κ1) is 16.4. The van der Waals surface area contributed by atoms with Crippen molar-refractivity contribution in [2.75, 3.05) is 26.2 Å². The molecule has 1 fully saturated rings. The number of hydrogen-bond acceptors (Lipinski definition) is 4. The van der Waals surface area contributed by atoms with Crippen LogP contribution in [0.15, 0.2) is 41.4 Å². The second-order valence-corrected chi connectivity index (χ2v) is 7.89. The zero-order chi connectivity index (χ0) is 16.3. The lowest BCUT2D eigenvalue weighted by atomic mass is 9.98. The van der Waals surface area contributed by atoms with Gasteiger partial charge < -0.3 is 5.32 Å². The van der Waals surface area contributed by atoms with E-state index in [0.29, 0.717) is 29.3 Å². The summed E-state index contributed by atoms with van der Waals surface area (Å²) in [4.78, 5) is 4.62. The molecule has 0 saturated carbocycles. The molecule has 1 aliphatic heterocycles. The van der Waals surface area contributed by atoms with Crippen molar-refractivity contribution >= 4 is 20.9 Å². The Kier molecular flexibility index (Phi) is 4.94. The number of nitrogens with one attached hydrogen (secondary N) is 1. The first-order valence-electron chi connectivity index (χ1n) is 8.17. The molecular weight excluding hydrogens is 310 g/mol. The molecule has 0 spiro atoms. The summed E-state index contributed by atoms with van der Waals surface area (Å²) in [5.74, 6) is 0.565. The summed E-state index contributed by atoms with van der Waals surface area (Å²) in [5.41, 5.74) is 0.718. The van der Waals surface area contributed by atoms with Crippen LogP contribution in [0.3, 0.4) is 0 Å². The Morgan fingerprint density at radius 1 is 1.22 bits per heavy atom. The van der Waals surface area contributed by atoms with Crippen molar-refractivity contribution in [1.29, 1.82) is 0 Å². The van der Waals surface area contributed by atoms with Crippen molar-refractivity contribution in [2.45, 2.75) is 24.7 Å². The van der Waals surface area contributed by atoms with Gasteiger partial charge in [0.25, 0.3) is 0 Å². The lowest BCUT2D eigenvalue weighted by molar-refractivity contribution is 0.268. The molecular formula is C17H23N3O2S. The molecule has 2 aromatic rings. The van der Waals surface area contributed by atoms with E-state index in [0.717, 1.165) is 31.4 Å². The number of rotatable bonds is 5. The maximum atomic E-state index is 13.0. The van der Waals surface area contributed by atoms with Crippen LogP contribution in [-0.4, -0.2) is 43.9 Å². The van der Waals surface area contributed by atoms with Crippen molar-refractivity contribution in [3.05, 3.63) is 36.5 Å². The zero-order valence-corrected chi connectivity index (χ0v) is 14.2. The van der Waals surface area contributed by atoms with E-state index in [9.17, 15) is 8.42 Å². The van der Waals surface area contributed by atoms with Gasteiger partial charge in [0, 0.05) is 24.7 Å². The Morgan fingerprint density at radius 2 is 2.00 bits per heavy atom. The molecule has 2 heterocycles. The Labute approximate surface area is 137 Å². The van der Waals surface area contributed by atoms with Gasteiger partial charge in [0.15, 0.2) is 0 Å². The first-order chi connectivity index (χ1) is 11.1. The molecule has 0 atom stereocenters. The van der Waals surface area contributed by atoms with Gasteiger partial charge in [-0.3, -0.25) is 4.98 Å². The molecule has 0 amide bonds. The molecule has 1 N–H and O–H groups in total. The molecule has 6 heteroatoms. The second-order valence-electron chi connectivity index (χ2n) is 5.98. The third-order valence-electron chi connectivity index (χ3n) is 4.48. The normalized spacial score (nSPS) is 17.6. The highest BCUT2D eigenvalue weighted by Crippen LogP contribution is 2.27. The minimum absolute atomic E-state index is 0.369. The number of hydrogen-bond donors (Lipinski definition) is 1. The quantitative estimate of drug-likeness (QED) is 0.911.